The molecule has 0 atom stereocenters. The van der Waals surface area contributed by atoms with E-state index in [0.29, 0.717) is 24.9 Å². The van der Waals surface area contributed by atoms with Crippen LogP contribution in [0.15, 0.2) is 30.4 Å². The Morgan fingerprint density at radius 1 is 1.55 bits per heavy atom. The SMILES string of the molecule is C=C(CNC1CC1)COc1ccc(OC)c([N+](=O)[O-])c1. The fourth-order valence-corrected chi connectivity index (χ4v) is 1.71. The van der Waals surface area contributed by atoms with Crippen LogP contribution in [0.5, 0.6) is 11.5 Å². The molecule has 0 unspecified atom stereocenters. The summed E-state index contributed by atoms with van der Waals surface area (Å²) < 4.78 is 10.4. The summed E-state index contributed by atoms with van der Waals surface area (Å²) in [7, 11) is 1.40. The summed E-state index contributed by atoms with van der Waals surface area (Å²) in [6.07, 6.45) is 2.44. The van der Waals surface area contributed by atoms with Crippen molar-refractivity contribution in [2.45, 2.75) is 18.9 Å². The fourth-order valence-electron chi connectivity index (χ4n) is 1.71. The molecular formula is C14H18N2O4. The average Bonchev–Trinajstić information content (AvgIpc) is 3.26. The summed E-state index contributed by atoms with van der Waals surface area (Å²) in [5, 5.41) is 14.2. The number of rotatable bonds is 8. The molecule has 6 nitrogen and oxygen atoms in total. The van der Waals surface area contributed by atoms with Gasteiger partial charge in [-0.05, 0) is 30.5 Å². The first-order chi connectivity index (χ1) is 9.60. The third-order valence-corrected chi connectivity index (χ3v) is 3.01. The Hall–Kier alpha value is -2.08. The lowest BCUT2D eigenvalue weighted by atomic mass is 10.2. The van der Waals surface area contributed by atoms with Crippen molar-refractivity contribution in [2.24, 2.45) is 0 Å². The molecule has 1 saturated carbocycles. The molecule has 2 rings (SSSR count). The summed E-state index contributed by atoms with van der Waals surface area (Å²) in [5.74, 6) is 0.654. The summed E-state index contributed by atoms with van der Waals surface area (Å²) in [5.41, 5.74) is 0.807. The standard InChI is InChI=1S/C14H18N2O4/c1-10(8-15-11-3-4-11)9-20-12-5-6-14(19-2)13(7-12)16(17)18/h5-7,11,15H,1,3-4,8-9H2,2H3. The number of nitro benzene ring substituents is 1. The lowest BCUT2D eigenvalue weighted by Crippen LogP contribution is -2.21. The Balaban J connectivity index is 1.89. The third-order valence-electron chi connectivity index (χ3n) is 3.01. The van der Waals surface area contributed by atoms with Gasteiger partial charge in [-0.3, -0.25) is 10.1 Å². The van der Waals surface area contributed by atoms with E-state index in [1.165, 1.54) is 32.1 Å². The number of hydrogen-bond donors (Lipinski definition) is 1. The lowest BCUT2D eigenvalue weighted by molar-refractivity contribution is -0.385. The van der Waals surface area contributed by atoms with Crippen LogP contribution < -0.4 is 14.8 Å². The highest BCUT2D eigenvalue weighted by molar-refractivity contribution is 5.50. The van der Waals surface area contributed by atoms with E-state index in [9.17, 15) is 10.1 Å². The minimum atomic E-state index is -0.491. The highest BCUT2D eigenvalue weighted by Crippen LogP contribution is 2.30. The highest BCUT2D eigenvalue weighted by atomic mass is 16.6. The Bertz CT molecular complexity index is 512. The van der Waals surface area contributed by atoms with Crippen LogP contribution in [-0.2, 0) is 0 Å². The molecule has 1 aliphatic rings. The van der Waals surface area contributed by atoms with E-state index in [1.807, 2.05) is 0 Å². The van der Waals surface area contributed by atoms with Gasteiger partial charge in [0, 0.05) is 12.6 Å². The molecule has 1 N–H and O–H groups in total. The molecule has 1 fully saturated rings. The number of benzene rings is 1. The molecule has 0 bridgehead atoms. The van der Waals surface area contributed by atoms with Crippen LogP contribution in [0.3, 0.4) is 0 Å². The lowest BCUT2D eigenvalue weighted by Gasteiger charge is -2.10. The van der Waals surface area contributed by atoms with Gasteiger partial charge in [-0.2, -0.15) is 0 Å². The maximum absolute atomic E-state index is 10.9. The minimum absolute atomic E-state index is 0.105. The predicted molar refractivity (Wildman–Crippen MR) is 75.3 cm³/mol. The van der Waals surface area contributed by atoms with Crippen LogP contribution in [-0.4, -0.2) is 31.2 Å². The van der Waals surface area contributed by atoms with Crippen molar-refractivity contribution in [3.05, 3.63) is 40.5 Å². The summed E-state index contributed by atoms with van der Waals surface area (Å²) >= 11 is 0. The molecule has 0 amide bonds. The summed E-state index contributed by atoms with van der Waals surface area (Å²) in [4.78, 5) is 10.4. The van der Waals surface area contributed by atoms with Gasteiger partial charge in [0.05, 0.1) is 18.1 Å². The van der Waals surface area contributed by atoms with Crippen molar-refractivity contribution < 1.29 is 14.4 Å². The van der Waals surface area contributed by atoms with Crippen molar-refractivity contribution in [2.75, 3.05) is 20.3 Å². The molecule has 0 saturated heterocycles. The highest BCUT2D eigenvalue weighted by Gasteiger charge is 2.20. The second-order valence-electron chi connectivity index (χ2n) is 4.78. The number of methoxy groups -OCH3 is 1. The van der Waals surface area contributed by atoms with Crippen LogP contribution in [0.2, 0.25) is 0 Å². The molecular weight excluding hydrogens is 260 g/mol. The Kier molecular flexibility index (Phi) is 4.57. The molecule has 0 radical (unpaired) electrons. The molecule has 0 heterocycles. The normalized spacial score (nSPS) is 13.8. The number of nitro groups is 1. The Labute approximate surface area is 117 Å². The molecule has 6 heteroatoms. The van der Waals surface area contributed by atoms with Gasteiger partial charge < -0.3 is 14.8 Å². The molecule has 0 aromatic heterocycles. The molecule has 1 aliphatic carbocycles. The quantitative estimate of drug-likeness (QED) is 0.448. The zero-order valence-corrected chi connectivity index (χ0v) is 11.4. The van der Waals surface area contributed by atoms with Crippen molar-refractivity contribution in [3.8, 4) is 11.5 Å². The van der Waals surface area contributed by atoms with Crippen LogP contribution in [0, 0.1) is 10.1 Å². The van der Waals surface area contributed by atoms with E-state index in [2.05, 4.69) is 11.9 Å². The zero-order chi connectivity index (χ0) is 14.5. The topological polar surface area (TPSA) is 73.6 Å². The maximum atomic E-state index is 10.9. The molecule has 1 aromatic rings. The van der Waals surface area contributed by atoms with E-state index in [4.69, 9.17) is 9.47 Å². The van der Waals surface area contributed by atoms with Gasteiger partial charge in [0.15, 0.2) is 5.75 Å². The van der Waals surface area contributed by atoms with Crippen molar-refractivity contribution in [3.63, 3.8) is 0 Å². The van der Waals surface area contributed by atoms with Gasteiger partial charge in [0.25, 0.3) is 0 Å². The average molecular weight is 278 g/mol. The molecule has 20 heavy (non-hydrogen) atoms. The first-order valence-electron chi connectivity index (χ1n) is 6.45. The van der Waals surface area contributed by atoms with Crippen molar-refractivity contribution >= 4 is 5.69 Å². The van der Waals surface area contributed by atoms with Gasteiger partial charge >= 0.3 is 5.69 Å². The van der Waals surface area contributed by atoms with E-state index < -0.39 is 4.92 Å². The van der Waals surface area contributed by atoms with E-state index >= 15 is 0 Å². The van der Waals surface area contributed by atoms with Gasteiger partial charge in [0.1, 0.15) is 12.4 Å². The first kappa shape index (κ1) is 14.3. The molecule has 0 spiro atoms. The summed E-state index contributed by atoms with van der Waals surface area (Å²) in [6, 6.07) is 5.15. The van der Waals surface area contributed by atoms with Gasteiger partial charge in [-0.1, -0.05) is 6.58 Å². The maximum Gasteiger partial charge on any atom is 0.314 e. The zero-order valence-electron chi connectivity index (χ0n) is 11.4. The Morgan fingerprint density at radius 3 is 2.90 bits per heavy atom. The number of nitrogens with zero attached hydrogens (tertiary/aromatic N) is 1. The van der Waals surface area contributed by atoms with Crippen molar-refractivity contribution in [1.82, 2.24) is 5.32 Å². The molecule has 1 aromatic carbocycles. The largest absolute Gasteiger partial charge is 0.490 e. The van der Waals surface area contributed by atoms with Crippen LogP contribution >= 0.6 is 0 Å². The van der Waals surface area contributed by atoms with Crippen LogP contribution in [0.1, 0.15) is 12.8 Å². The second-order valence-corrected chi connectivity index (χ2v) is 4.78. The van der Waals surface area contributed by atoms with Crippen LogP contribution in [0.4, 0.5) is 5.69 Å². The van der Waals surface area contributed by atoms with E-state index in [-0.39, 0.29) is 11.4 Å². The minimum Gasteiger partial charge on any atom is -0.490 e. The number of nitrogens with one attached hydrogen (secondary N) is 1. The second kappa shape index (κ2) is 6.38. The smallest absolute Gasteiger partial charge is 0.314 e. The Morgan fingerprint density at radius 2 is 2.30 bits per heavy atom. The first-order valence-corrected chi connectivity index (χ1v) is 6.45. The number of hydrogen-bond acceptors (Lipinski definition) is 5. The van der Waals surface area contributed by atoms with Gasteiger partial charge in [-0.25, -0.2) is 0 Å². The fraction of sp³-hybridized carbons (Fsp3) is 0.429. The summed E-state index contributed by atoms with van der Waals surface area (Å²) in [6.45, 7) is 4.96. The predicted octanol–water partition coefficient (Wildman–Crippen LogP) is 2.29. The molecule has 108 valence electrons. The van der Waals surface area contributed by atoms with Crippen LogP contribution in [0.25, 0.3) is 0 Å². The third kappa shape index (κ3) is 3.96. The van der Waals surface area contributed by atoms with Crippen molar-refractivity contribution in [1.29, 1.82) is 0 Å². The molecule has 0 aliphatic heterocycles. The van der Waals surface area contributed by atoms with Gasteiger partial charge in [0.2, 0.25) is 0 Å². The van der Waals surface area contributed by atoms with E-state index in [0.717, 1.165) is 5.57 Å². The van der Waals surface area contributed by atoms with E-state index in [1.54, 1.807) is 6.07 Å². The monoisotopic (exact) mass is 278 g/mol. The van der Waals surface area contributed by atoms with Gasteiger partial charge in [-0.15, -0.1) is 0 Å². The number of ether oxygens (including phenoxy) is 2.